The monoisotopic (exact) mass is 198 g/mol. The average molecular weight is 198 g/mol. The van der Waals surface area contributed by atoms with Crippen LogP contribution in [0.3, 0.4) is 0 Å². The second-order valence-electron chi connectivity index (χ2n) is 2.73. The summed E-state index contributed by atoms with van der Waals surface area (Å²) in [6, 6.07) is 0. The smallest absolute Gasteiger partial charge is 0.315 e. The lowest BCUT2D eigenvalue weighted by atomic mass is 10.0. The van der Waals surface area contributed by atoms with E-state index in [-0.39, 0.29) is 5.92 Å². The lowest BCUT2D eigenvalue weighted by Crippen LogP contribution is -2.51. The summed E-state index contributed by atoms with van der Waals surface area (Å²) in [4.78, 5) is 14.8. The van der Waals surface area contributed by atoms with E-state index in [1.807, 2.05) is 0 Å². The number of nitrogens with one attached hydrogen (secondary N) is 2. The van der Waals surface area contributed by atoms with Crippen LogP contribution in [0.4, 0.5) is 13.2 Å². The van der Waals surface area contributed by atoms with Crippen molar-refractivity contribution in [1.82, 2.24) is 10.8 Å². The highest BCUT2D eigenvalue weighted by atomic mass is 19.4. The largest absolute Gasteiger partial charge is 0.414 e. The third kappa shape index (κ3) is 3.60. The Kier molecular flexibility index (Phi) is 3.10. The molecule has 1 heterocycles. The van der Waals surface area contributed by atoms with Crippen LogP contribution >= 0.6 is 0 Å². The first-order valence-electron chi connectivity index (χ1n) is 3.68. The highest BCUT2D eigenvalue weighted by molar-refractivity contribution is 5.78. The summed E-state index contributed by atoms with van der Waals surface area (Å²) in [6.07, 6.45) is -4.41. The van der Waals surface area contributed by atoms with Gasteiger partial charge >= 0.3 is 6.18 Å². The first kappa shape index (κ1) is 10.3. The van der Waals surface area contributed by atoms with E-state index in [0.717, 1.165) is 0 Å². The van der Waals surface area contributed by atoms with E-state index < -0.39 is 18.7 Å². The summed E-state index contributed by atoms with van der Waals surface area (Å²) < 4.78 is 34.5. The van der Waals surface area contributed by atoms with E-state index in [2.05, 4.69) is 10.2 Å². The third-order valence-electron chi connectivity index (χ3n) is 1.56. The van der Waals surface area contributed by atoms with E-state index in [0.29, 0.717) is 13.1 Å². The van der Waals surface area contributed by atoms with Crippen LogP contribution in [0.15, 0.2) is 0 Å². The lowest BCUT2D eigenvalue weighted by Gasteiger charge is -2.25. The Balaban J connectivity index is 2.08. The molecule has 0 saturated carbocycles. The van der Waals surface area contributed by atoms with Crippen molar-refractivity contribution in [2.75, 3.05) is 19.7 Å². The van der Waals surface area contributed by atoms with Crippen LogP contribution < -0.4 is 10.8 Å². The Morgan fingerprint density at radius 3 is 2.54 bits per heavy atom. The fourth-order valence-electron chi connectivity index (χ4n) is 0.746. The zero-order valence-corrected chi connectivity index (χ0v) is 6.65. The molecule has 7 heteroatoms. The number of alkyl halides is 3. The number of carbonyl (C=O) groups is 1. The highest BCUT2D eigenvalue weighted by Crippen LogP contribution is 2.13. The molecular formula is C6H9F3N2O2. The van der Waals surface area contributed by atoms with Crippen molar-refractivity contribution in [3.8, 4) is 0 Å². The van der Waals surface area contributed by atoms with Crippen LogP contribution in [0.25, 0.3) is 0 Å². The van der Waals surface area contributed by atoms with Crippen molar-refractivity contribution in [3.05, 3.63) is 0 Å². The van der Waals surface area contributed by atoms with Crippen LogP contribution in [0.2, 0.25) is 0 Å². The second kappa shape index (κ2) is 3.93. The van der Waals surface area contributed by atoms with Crippen molar-refractivity contribution in [3.63, 3.8) is 0 Å². The molecule has 0 bridgehead atoms. The van der Waals surface area contributed by atoms with E-state index in [9.17, 15) is 18.0 Å². The van der Waals surface area contributed by atoms with Crippen molar-refractivity contribution < 1.29 is 22.8 Å². The molecule has 1 aliphatic rings. The molecule has 4 nitrogen and oxygen atoms in total. The summed E-state index contributed by atoms with van der Waals surface area (Å²) in [6.45, 7) is -0.485. The van der Waals surface area contributed by atoms with Gasteiger partial charge in [-0.25, -0.2) is 5.48 Å². The Morgan fingerprint density at radius 2 is 2.15 bits per heavy atom. The quantitative estimate of drug-likeness (QED) is 0.618. The van der Waals surface area contributed by atoms with Crippen LogP contribution in [0.5, 0.6) is 0 Å². The van der Waals surface area contributed by atoms with Gasteiger partial charge in [-0.2, -0.15) is 13.2 Å². The minimum Gasteiger partial charge on any atom is -0.315 e. The number of hydrogen-bond acceptors (Lipinski definition) is 3. The fraction of sp³-hybridized carbons (Fsp3) is 0.833. The van der Waals surface area contributed by atoms with Gasteiger partial charge in [0.2, 0.25) is 5.91 Å². The van der Waals surface area contributed by atoms with Crippen molar-refractivity contribution in [1.29, 1.82) is 0 Å². The van der Waals surface area contributed by atoms with Gasteiger partial charge in [-0.15, -0.1) is 0 Å². The van der Waals surface area contributed by atoms with E-state index in [1.54, 1.807) is 5.48 Å². The number of hydrogen-bond donors (Lipinski definition) is 2. The number of rotatable bonds is 3. The van der Waals surface area contributed by atoms with Gasteiger partial charge in [0.05, 0.1) is 5.92 Å². The molecule has 0 spiro atoms. The minimum atomic E-state index is -4.41. The van der Waals surface area contributed by atoms with Gasteiger partial charge in [-0.3, -0.25) is 9.63 Å². The Hall–Kier alpha value is -0.820. The van der Waals surface area contributed by atoms with Crippen molar-refractivity contribution in [2.24, 2.45) is 5.92 Å². The number of halogens is 3. The molecule has 0 aromatic carbocycles. The maximum atomic E-state index is 11.5. The van der Waals surface area contributed by atoms with Gasteiger partial charge in [-0.1, -0.05) is 0 Å². The van der Waals surface area contributed by atoms with Crippen molar-refractivity contribution in [2.45, 2.75) is 6.18 Å². The molecule has 0 aromatic rings. The SMILES string of the molecule is O=C(NOCC(F)(F)F)C1CNC1. The Labute approximate surface area is 72.4 Å². The summed E-state index contributed by atoms with van der Waals surface area (Å²) in [5.74, 6) is -0.781. The molecule has 1 aliphatic heterocycles. The third-order valence-corrected chi connectivity index (χ3v) is 1.56. The lowest BCUT2D eigenvalue weighted by molar-refractivity contribution is -0.193. The predicted molar refractivity (Wildman–Crippen MR) is 36.5 cm³/mol. The molecule has 1 fully saturated rings. The summed E-state index contributed by atoms with van der Waals surface area (Å²) in [5, 5.41) is 2.81. The molecule has 0 radical (unpaired) electrons. The number of carbonyl (C=O) groups excluding carboxylic acids is 1. The number of hydroxylamine groups is 1. The molecule has 2 N–H and O–H groups in total. The summed E-state index contributed by atoms with van der Waals surface area (Å²) in [7, 11) is 0. The molecule has 0 unspecified atom stereocenters. The Morgan fingerprint density at radius 1 is 1.54 bits per heavy atom. The molecule has 0 aliphatic carbocycles. The standard InChI is InChI=1S/C6H9F3N2O2/c7-6(8,9)3-13-11-5(12)4-1-10-2-4/h4,10H,1-3H2,(H,11,12). The predicted octanol–water partition coefficient (Wildman–Crippen LogP) is -0.184. The van der Waals surface area contributed by atoms with Gasteiger partial charge in [0.15, 0.2) is 6.61 Å². The van der Waals surface area contributed by atoms with Crippen LogP contribution in [0.1, 0.15) is 0 Å². The molecule has 1 saturated heterocycles. The molecule has 1 rings (SSSR count). The van der Waals surface area contributed by atoms with Gasteiger partial charge in [0, 0.05) is 13.1 Å². The second-order valence-corrected chi connectivity index (χ2v) is 2.73. The maximum absolute atomic E-state index is 11.5. The molecule has 13 heavy (non-hydrogen) atoms. The first-order valence-corrected chi connectivity index (χ1v) is 3.68. The molecule has 1 amide bonds. The van der Waals surface area contributed by atoms with Gasteiger partial charge in [0.25, 0.3) is 0 Å². The van der Waals surface area contributed by atoms with Crippen LogP contribution in [-0.4, -0.2) is 31.8 Å². The van der Waals surface area contributed by atoms with Crippen molar-refractivity contribution >= 4 is 5.91 Å². The molecular weight excluding hydrogens is 189 g/mol. The van der Waals surface area contributed by atoms with Gasteiger partial charge < -0.3 is 5.32 Å². The summed E-state index contributed by atoms with van der Waals surface area (Å²) in [5.41, 5.74) is 1.74. The molecule has 0 aromatic heterocycles. The fourth-order valence-corrected chi connectivity index (χ4v) is 0.746. The van der Waals surface area contributed by atoms with Gasteiger partial charge in [-0.05, 0) is 0 Å². The normalized spacial score (nSPS) is 18.1. The van der Waals surface area contributed by atoms with E-state index >= 15 is 0 Å². The Bertz CT molecular complexity index is 191. The van der Waals surface area contributed by atoms with Gasteiger partial charge in [0.1, 0.15) is 0 Å². The first-order chi connectivity index (χ1) is 5.99. The van der Waals surface area contributed by atoms with Crippen LogP contribution in [-0.2, 0) is 9.63 Å². The highest BCUT2D eigenvalue weighted by Gasteiger charge is 2.30. The zero-order valence-electron chi connectivity index (χ0n) is 6.65. The molecule has 76 valence electrons. The minimum absolute atomic E-state index is 0.270. The van der Waals surface area contributed by atoms with E-state index in [1.165, 1.54) is 0 Å². The summed E-state index contributed by atoms with van der Waals surface area (Å²) >= 11 is 0. The molecule has 0 atom stereocenters. The maximum Gasteiger partial charge on any atom is 0.414 e. The number of amides is 1. The zero-order chi connectivity index (χ0) is 9.90. The topological polar surface area (TPSA) is 50.4 Å². The average Bonchev–Trinajstić information content (AvgIpc) is 1.79. The van der Waals surface area contributed by atoms with Crippen LogP contribution in [0, 0.1) is 5.92 Å². The van der Waals surface area contributed by atoms with E-state index in [4.69, 9.17) is 0 Å².